The number of hydrogen-bond acceptors (Lipinski definition) is 3. The van der Waals surface area contributed by atoms with Crippen molar-refractivity contribution in [3.05, 3.63) is 65.7 Å². The molecule has 2 amide bonds. The van der Waals surface area contributed by atoms with Gasteiger partial charge in [0.05, 0.1) is 5.52 Å². The van der Waals surface area contributed by atoms with E-state index in [0.29, 0.717) is 18.0 Å². The van der Waals surface area contributed by atoms with Gasteiger partial charge in [0.1, 0.15) is 0 Å². The number of aryl methyl sites for hydroxylation is 1. The number of carbonyl (C=O) groups excluding carboxylic acids is 2. The van der Waals surface area contributed by atoms with E-state index in [2.05, 4.69) is 15.6 Å². The zero-order chi connectivity index (χ0) is 19.4. The van der Waals surface area contributed by atoms with E-state index in [4.69, 9.17) is 0 Å². The van der Waals surface area contributed by atoms with Gasteiger partial charge in [-0.2, -0.15) is 0 Å². The zero-order valence-corrected chi connectivity index (χ0v) is 15.8. The molecule has 0 fully saturated rings. The van der Waals surface area contributed by atoms with Gasteiger partial charge in [-0.3, -0.25) is 14.0 Å². The third-order valence-electron chi connectivity index (χ3n) is 4.28. The lowest BCUT2D eigenvalue weighted by Crippen LogP contribution is -2.27. The maximum absolute atomic E-state index is 12.9. The summed E-state index contributed by atoms with van der Waals surface area (Å²) >= 11 is 0. The molecule has 0 bridgehead atoms. The van der Waals surface area contributed by atoms with Crippen LogP contribution in [-0.4, -0.2) is 27.7 Å². The summed E-state index contributed by atoms with van der Waals surface area (Å²) in [6.45, 7) is 6.63. The standard InChI is InChI=1S/C21H24N4O2/c1-4-15-9-5-6-10-16(15)23-21(27)19-24-18(20(26)22-13-14(2)3)17-11-7-8-12-25(17)19/h5-12,14H,4,13H2,1-3H3,(H,22,26)(H,23,27). The molecule has 2 N–H and O–H groups in total. The number of para-hydroxylation sites is 1. The van der Waals surface area contributed by atoms with Crippen LogP contribution in [0.1, 0.15) is 47.4 Å². The number of amides is 2. The topological polar surface area (TPSA) is 75.5 Å². The molecule has 1 aromatic carbocycles. The average molecular weight is 364 g/mol. The van der Waals surface area contributed by atoms with E-state index >= 15 is 0 Å². The van der Waals surface area contributed by atoms with Crippen molar-refractivity contribution in [1.29, 1.82) is 0 Å². The maximum atomic E-state index is 12.9. The summed E-state index contributed by atoms with van der Waals surface area (Å²) < 4.78 is 1.65. The Bertz CT molecular complexity index is 975. The molecule has 0 spiro atoms. The van der Waals surface area contributed by atoms with E-state index < -0.39 is 0 Å². The molecule has 6 nitrogen and oxygen atoms in total. The van der Waals surface area contributed by atoms with Crippen LogP contribution in [0.4, 0.5) is 5.69 Å². The van der Waals surface area contributed by atoms with Crippen molar-refractivity contribution in [2.24, 2.45) is 5.92 Å². The Balaban J connectivity index is 1.94. The lowest BCUT2D eigenvalue weighted by atomic mass is 10.1. The number of nitrogens with zero attached hydrogens (tertiary/aromatic N) is 2. The molecule has 2 heterocycles. The monoisotopic (exact) mass is 364 g/mol. The van der Waals surface area contributed by atoms with E-state index in [9.17, 15) is 9.59 Å². The molecular formula is C21H24N4O2. The van der Waals surface area contributed by atoms with Crippen molar-refractivity contribution < 1.29 is 9.59 Å². The van der Waals surface area contributed by atoms with E-state index in [1.807, 2.05) is 51.1 Å². The van der Waals surface area contributed by atoms with Crippen LogP contribution in [0.3, 0.4) is 0 Å². The third-order valence-corrected chi connectivity index (χ3v) is 4.28. The Morgan fingerprint density at radius 2 is 1.81 bits per heavy atom. The van der Waals surface area contributed by atoms with Crippen LogP contribution in [0.15, 0.2) is 48.7 Å². The van der Waals surface area contributed by atoms with Crippen molar-refractivity contribution in [2.75, 3.05) is 11.9 Å². The summed E-state index contributed by atoms with van der Waals surface area (Å²) in [5.74, 6) is -0.109. The van der Waals surface area contributed by atoms with Gasteiger partial charge in [-0.15, -0.1) is 0 Å². The molecule has 0 radical (unpaired) electrons. The van der Waals surface area contributed by atoms with Crippen LogP contribution in [0.25, 0.3) is 5.52 Å². The molecular weight excluding hydrogens is 340 g/mol. The van der Waals surface area contributed by atoms with Gasteiger partial charge in [0.15, 0.2) is 5.69 Å². The molecule has 3 rings (SSSR count). The maximum Gasteiger partial charge on any atom is 0.292 e. The Morgan fingerprint density at radius 1 is 1.07 bits per heavy atom. The summed E-state index contributed by atoms with van der Waals surface area (Å²) in [5.41, 5.74) is 2.66. The fraction of sp³-hybridized carbons (Fsp3) is 0.286. The van der Waals surface area contributed by atoms with E-state index in [1.165, 1.54) is 0 Å². The number of anilines is 1. The van der Waals surface area contributed by atoms with Crippen LogP contribution in [0, 0.1) is 5.92 Å². The molecule has 0 saturated carbocycles. The van der Waals surface area contributed by atoms with Crippen molar-refractivity contribution in [3.63, 3.8) is 0 Å². The number of nitrogens with one attached hydrogen (secondary N) is 2. The fourth-order valence-corrected chi connectivity index (χ4v) is 2.87. The van der Waals surface area contributed by atoms with Gasteiger partial charge in [0, 0.05) is 18.4 Å². The number of rotatable bonds is 6. The summed E-state index contributed by atoms with van der Waals surface area (Å²) in [6, 6.07) is 13.1. The molecule has 2 aromatic heterocycles. The van der Waals surface area contributed by atoms with Crippen LogP contribution >= 0.6 is 0 Å². The first-order valence-corrected chi connectivity index (χ1v) is 9.15. The number of imidazole rings is 1. The molecule has 140 valence electrons. The third kappa shape index (κ3) is 4.00. The van der Waals surface area contributed by atoms with Crippen LogP contribution in [0.2, 0.25) is 0 Å². The molecule has 0 aliphatic rings. The number of carbonyl (C=O) groups is 2. The number of pyridine rings is 1. The first kappa shape index (κ1) is 18.6. The predicted octanol–water partition coefficient (Wildman–Crippen LogP) is 3.53. The number of benzene rings is 1. The lowest BCUT2D eigenvalue weighted by Gasteiger charge is -2.08. The minimum absolute atomic E-state index is 0.186. The highest BCUT2D eigenvalue weighted by Gasteiger charge is 2.21. The average Bonchev–Trinajstić information content (AvgIpc) is 3.06. The van der Waals surface area contributed by atoms with Gasteiger partial charge in [-0.25, -0.2) is 4.98 Å². The van der Waals surface area contributed by atoms with E-state index in [1.54, 1.807) is 22.7 Å². The highest BCUT2D eigenvalue weighted by atomic mass is 16.2. The van der Waals surface area contributed by atoms with Gasteiger partial charge in [0.2, 0.25) is 5.82 Å². The Hall–Kier alpha value is -3.15. The van der Waals surface area contributed by atoms with Crippen molar-refractivity contribution >= 4 is 23.0 Å². The van der Waals surface area contributed by atoms with Crippen LogP contribution in [0.5, 0.6) is 0 Å². The van der Waals surface area contributed by atoms with Gasteiger partial charge >= 0.3 is 0 Å². The van der Waals surface area contributed by atoms with Gasteiger partial charge in [0.25, 0.3) is 11.8 Å². The summed E-state index contributed by atoms with van der Waals surface area (Å²) in [5, 5.41) is 5.78. The van der Waals surface area contributed by atoms with Crippen molar-refractivity contribution in [2.45, 2.75) is 27.2 Å². The summed E-state index contributed by atoms with van der Waals surface area (Å²) in [6.07, 6.45) is 2.55. The Kier molecular flexibility index (Phi) is 5.54. The molecule has 0 saturated heterocycles. The van der Waals surface area contributed by atoms with E-state index in [-0.39, 0.29) is 23.3 Å². The van der Waals surface area contributed by atoms with Gasteiger partial charge < -0.3 is 10.6 Å². The quantitative estimate of drug-likeness (QED) is 0.702. The SMILES string of the molecule is CCc1ccccc1NC(=O)c1nc(C(=O)NCC(C)C)c2ccccn12. The van der Waals surface area contributed by atoms with Gasteiger partial charge in [-0.1, -0.05) is 45.0 Å². The minimum atomic E-state index is -0.347. The molecule has 0 aliphatic heterocycles. The van der Waals surface area contributed by atoms with Crippen LogP contribution < -0.4 is 10.6 Å². The molecule has 6 heteroatoms. The summed E-state index contributed by atoms with van der Waals surface area (Å²) in [4.78, 5) is 29.8. The highest BCUT2D eigenvalue weighted by Crippen LogP contribution is 2.18. The van der Waals surface area contributed by atoms with Crippen molar-refractivity contribution in [1.82, 2.24) is 14.7 Å². The second-order valence-corrected chi connectivity index (χ2v) is 6.81. The molecule has 0 unspecified atom stereocenters. The fourth-order valence-electron chi connectivity index (χ4n) is 2.87. The highest BCUT2D eigenvalue weighted by molar-refractivity contribution is 6.06. The molecule has 27 heavy (non-hydrogen) atoms. The van der Waals surface area contributed by atoms with Gasteiger partial charge in [-0.05, 0) is 36.1 Å². The van der Waals surface area contributed by atoms with E-state index in [0.717, 1.165) is 17.7 Å². The predicted molar refractivity (Wildman–Crippen MR) is 106 cm³/mol. The normalized spacial score (nSPS) is 11.0. The smallest absolute Gasteiger partial charge is 0.292 e. The first-order valence-electron chi connectivity index (χ1n) is 9.15. The largest absolute Gasteiger partial charge is 0.350 e. The van der Waals surface area contributed by atoms with Crippen molar-refractivity contribution in [3.8, 4) is 0 Å². The Morgan fingerprint density at radius 3 is 2.56 bits per heavy atom. The number of fused-ring (bicyclic) bond motifs is 1. The zero-order valence-electron chi connectivity index (χ0n) is 15.8. The number of hydrogen-bond donors (Lipinski definition) is 2. The second-order valence-electron chi connectivity index (χ2n) is 6.81. The first-order chi connectivity index (χ1) is 13.0. The number of aromatic nitrogens is 2. The molecule has 0 atom stereocenters. The molecule has 3 aromatic rings. The summed E-state index contributed by atoms with van der Waals surface area (Å²) in [7, 11) is 0. The minimum Gasteiger partial charge on any atom is -0.350 e. The van der Waals surface area contributed by atoms with Crippen LogP contribution in [-0.2, 0) is 6.42 Å². The lowest BCUT2D eigenvalue weighted by molar-refractivity contribution is 0.0946. The second kappa shape index (κ2) is 8.03. The Labute approximate surface area is 158 Å². The molecule has 0 aliphatic carbocycles.